The van der Waals surface area contributed by atoms with Crippen LogP contribution >= 0.6 is 0 Å². The normalized spacial score (nSPS) is 15.2. The molecule has 0 bridgehead atoms. The molecule has 48 valence electrons. The van der Waals surface area contributed by atoms with Gasteiger partial charge in [-0.3, -0.25) is 0 Å². The van der Waals surface area contributed by atoms with Crippen molar-refractivity contribution in [3.05, 3.63) is 11.6 Å². The molecule has 1 N–H and O–H groups in total. The van der Waals surface area contributed by atoms with E-state index in [9.17, 15) is 0 Å². The van der Waals surface area contributed by atoms with Crippen LogP contribution in [0.2, 0.25) is 0 Å². The first-order chi connectivity index (χ1) is 4.36. The highest BCUT2D eigenvalue weighted by Gasteiger charge is 2.15. The summed E-state index contributed by atoms with van der Waals surface area (Å²) in [5.41, 5.74) is 1.08. The van der Waals surface area contributed by atoms with E-state index in [0.717, 1.165) is 30.4 Å². The maximum absolute atomic E-state index is 5.20. The first-order valence-electron chi connectivity index (χ1n) is 3.06. The van der Waals surface area contributed by atoms with Crippen molar-refractivity contribution in [2.24, 2.45) is 0 Å². The van der Waals surface area contributed by atoms with E-state index in [-0.39, 0.29) is 0 Å². The molecule has 3 nitrogen and oxygen atoms in total. The van der Waals surface area contributed by atoms with Gasteiger partial charge in [-0.25, -0.2) is 4.98 Å². The average molecular weight is 124 g/mol. The van der Waals surface area contributed by atoms with Crippen molar-refractivity contribution < 1.29 is 4.42 Å². The molecule has 3 heteroatoms. The summed E-state index contributed by atoms with van der Waals surface area (Å²) in [5, 5.41) is 3.09. The van der Waals surface area contributed by atoms with Gasteiger partial charge in [-0.05, 0) is 0 Å². The van der Waals surface area contributed by atoms with E-state index in [4.69, 9.17) is 4.42 Å². The second kappa shape index (κ2) is 1.50. The van der Waals surface area contributed by atoms with E-state index in [2.05, 4.69) is 10.3 Å². The van der Waals surface area contributed by atoms with Crippen molar-refractivity contribution in [1.29, 1.82) is 0 Å². The van der Waals surface area contributed by atoms with Gasteiger partial charge in [-0.2, -0.15) is 0 Å². The molecule has 0 fully saturated rings. The van der Waals surface area contributed by atoms with Gasteiger partial charge in [0, 0.05) is 19.9 Å². The zero-order valence-corrected chi connectivity index (χ0v) is 5.27. The van der Waals surface area contributed by atoms with Crippen LogP contribution in [-0.2, 0) is 6.42 Å². The minimum Gasteiger partial charge on any atom is -0.425 e. The van der Waals surface area contributed by atoms with Gasteiger partial charge in [0.25, 0.3) is 0 Å². The fourth-order valence-electron chi connectivity index (χ4n) is 1.07. The Morgan fingerprint density at radius 1 is 1.67 bits per heavy atom. The van der Waals surface area contributed by atoms with Crippen LogP contribution in [0.15, 0.2) is 4.42 Å². The quantitative estimate of drug-likeness (QED) is 0.559. The lowest BCUT2D eigenvalue weighted by Gasteiger charge is -1.86. The monoisotopic (exact) mass is 124 g/mol. The molecule has 1 aromatic rings. The van der Waals surface area contributed by atoms with Crippen LogP contribution in [0.4, 0.5) is 5.88 Å². The van der Waals surface area contributed by atoms with E-state index in [1.54, 1.807) is 0 Å². The second-order valence-corrected chi connectivity index (χ2v) is 2.19. The summed E-state index contributed by atoms with van der Waals surface area (Å²) in [5.74, 6) is 1.62. The molecule has 1 aromatic heterocycles. The number of oxazole rings is 1. The Kier molecular flexibility index (Phi) is 0.806. The molecule has 2 rings (SSSR count). The highest BCUT2D eigenvalue weighted by molar-refractivity contribution is 5.42. The number of aromatic nitrogens is 1. The Morgan fingerprint density at radius 2 is 2.56 bits per heavy atom. The fourth-order valence-corrected chi connectivity index (χ4v) is 1.07. The third-order valence-electron chi connectivity index (χ3n) is 1.45. The third kappa shape index (κ3) is 0.608. The van der Waals surface area contributed by atoms with Crippen molar-refractivity contribution in [2.45, 2.75) is 13.3 Å². The number of aryl methyl sites for hydroxylation is 1. The Labute approximate surface area is 53.1 Å². The predicted octanol–water partition coefficient (Wildman–Crippen LogP) is 0.951. The number of hydrogen-bond donors (Lipinski definition) is 1. The van der Waals surface area contributed by atoms with Crippen molar-refractivity contribution in [3.8, 4) is 0 Å². The summed E-state index contributed by atoms with van der Waals surface area (Å²) in [4.78, 5) is 4.16. The average Bonchev–Trinajstić information content (AvgIpc) is 2.22. The smallest absolute Gasteiger partial charge is 0.217 e. The molecule has 0 amide bonds. The Morgan fingerprint density at radius 3 is 3.33 bits per heavy atom. The zero-order valence-electron chi connectivity index (χ0n) is 5.27. The van der Waals surface area contributed by atoms with Crippen LogP contribution in [0.1, 0.15) is 11.6 Å². The minimum atomic E-state index is 0.757. The number of nitrogens with one attached hydrogen (secondary N) is 1. The molecular formula is C6H8N2O. The van der Waals surface area contributed by atoms with Gasteiger partial charge in [0.2, 0.25) is 5.88 Å². The van der Waals surface area contributed by atoms with Crippen molar-refractivity contribution >= 4 is 5.88 Å². The van der Waals surface area contributed by atoms with Crippen LogP contribution in [0, 0.1) is 6.92 Å². The first-order valence-corrected chi connectivity index (χ1v) is 3.06. The lowest BCUT2D eigenvalue weighted by atomic mass is 10.4. The molecule has 1 aliphatic rings. The Bertz CT molecular complexity index is 207. The summed E-state index contributed by atoms with van der Waals surface area (Å²) in [6, 6.07) is 0. The topological polar surface area (TPSA) is 38.1 Å². The van der Waals surface area contributed by atoms with Crippen LogP contribution in [0.25, 0.3) is 0 Å². The van der Waals surface area contributed by atoms with Crippen LogP contribution in [0.5, 0.6) is 0 Å². The van der Waals surface area contributed by atoms with Gasteiger partial charge in [0.1, 0.15) is 5.69 Å². The van der Waals surface area contributed by atoms with E-state index in [1.807, 2.05) is 6.92 Å². The second-order valence-electron chi connectivity index (χ2n) is 2.19. The number of fused-ring (bicyclic) bond motifs is 1. The van der Waals surface area contributed by atoms with Crippen molar-refractivity contribution in [3.63, 3.8) is 0 Å². The molecule has 0 atom stereocenters. The lowest BCUT2D eigenvalue weighted by Crippen LogP contribution is -1.92. The Balaban J connectivity index is 2.51. The number of hydrogen-bond acceptors (Lipinski definition) is 3. The van der Waals surface area contributed by atoms with E-state index >= 15 is 0 Å². The lowest BCUT2D eigenvalue weighted by molar-refractivity contribution is 0.534. The molecule has 0 saturated heterocycles. The van der Waals surface area contributed by atoms with E-state index in [0.29, 0.717) is 0 Å². The maximum Gasteiger partial charge on any atom is 0.217 e. The summed E-state index contributed by atoms with van der Waals surface area (Å²) in [6.45, 7) is 2.83. The van der Waals surface area contributed by atoms with Gasteiger partial charge in [-0.1, -0.05) is 0 Å². The van der Waals surface area contributed by atoms with Crippen molar-refractivity contribution in [2.75, 3.05) is 11.9 Å². The summed E-state index contributed by atoms with van der Waals surface area (Å²) >= 11 is 0. The summed E-state index contributed by atoms with van der Waals surface area (Å²) < 4.78 is 5.20. The fraction of sp³-hybridized carbons (Fsp3) is 0.500. The molecule has 0 saturated carbocycles. The van der Waals surface area contributed by atoms with Gasteiger partial charge < -0.3 is 9.73 Å². The largest absolute Gasteiger partial charge is 0.425 e. The molecule has 1 aliphatic heterocycles. The molecule has 0 aromatic carbocycles. The van der Waals surface area contributed by atoms with E-state index < -0.39 is 0 Å². The van der Waals surface area contributed by atoms with Crippen LogP contribution in [0.3, 0.4) is 0 Å². The van der Waals surface area contributed by atoms with E-state index in [1.165, 1.54) is 0 Å². The van der Waals surface area contributed by atoms with Gasteiger partial charge >= 0.3 is 0 Å². The molecule has 0 unspecified atom stereocenters. The maximum atomic E-state index is 5.20. The molecule has 9 heavy (non-hydrogen) atoms. The van der Waals surface area contributed by atoms with Gasteiger partial charge in [0.05, 0.1) is 0 Å². The highest BCUT2D eigenvalue weighted by atomic mass is 16.4. The summed E-state index contributed by atoms with van der Waals surface area (Å²) in [7, 11) is 0. The molecular weight excluding hydrogens is 116 g/mol. The molecule has 2 heterocycles. The first kappa shape index (κ1) is 4.85. The van der Waals surface area contributed by atoms with Gasteiger partial charge in [0.15, 0.2) is 5.89 Å². The van der Waals surface area contributed by atoms with Crippen LogP contribution < -0.4 is 5.32 Å². The molecule has 0 radical (unpaired) electrons. The Hall–Kier alpha value is -0.990. The van der Waals surface area contributed by atoms with Crippen LogP contribution in [-0.4, -0.2) is 11.5 Å². The highest BCUT2D eigenvalue weighted by Crippen LogP contribution is 2.21. The SMILES string of the molecule is Cc1nc2c(o1)NCC2. The zero-order chi connectivity index (χ0) is 6.27. The minimum absolute atomic E-state index is 0.757. The molecule has 0 spiro atoms. The predicted molar refractivity (Wildman–Crippen MR) is 33.4 cm³/mol. The third-order valence-corrected chi connectivity index (χ3v) is 1.45. The number of rotatable bonds is 0. The standard InChI is InChI=1S/C6H8N2O/c1-4-8-5-2-3-7-6(5)9-4/h7H,2-3H2,1H3. The molecule has 0 aliphatic carbocycles. The van der Waals surface area contributed by atoms with Gasteiger partial charge in [-0.15, -0.1) is 0 Å². The number of nitrogens with zero attached hydrogens (tertiary/aromatic N) is 1. The summed E-state index contributed by atoms with van der Waals surface area (Å²) in [6.07, 6.45) is 1.01. The van der Waals surface area contributed by atoms with Crippen molar-refractivity contribution in [1.82, 2.24) is 4.98 Å². The number of anilines is 1.